The quantitative estimate of drug-likeness (QED) is 0.738. The van der Waals surface area contributed by atoms with Gasteiger partial charge in [-0.3, -0.25) is 0 Å². The van der Waals surface area contributed by atoms with Crippen LogP contribution < -0.4 is 11.1 Å². The molecule has 2 aromatic carbocycles. The fourth-order valence-electron chi connectivity index (χ4n) is 1.98. The van der Waals surface area contributed by atoms with Crippen molar-refractivity contribution in [1.29, 1.82) is 0 Å². The molecular formula is C15H14N2S. The van der Waals surface area contributed by atoms with Gasteiger partial charge in [-0.25, -0.2) is 0 Å². The van der Waals surface area contributed by atoms with Crippen molar-refractivity contribution in [2.45, 2.75) is 6.54 Å². The van der Waals surface area contributed by atoms with Gasteiger partial charge in [0.05, 0.1) is 6.54 Å². The van der Waals surface area contributed by atoms with E-state index in [4.69, 9.17) is 5.73 Å². The summed E-state index contributed by atoms with van der Waals surface area (Å²) in [6.45, 7) is 0.780. The highest BCUT2D eigenvalue weighted by Gasteiger charge is 2.00. The van der Waals surface area contributed by atoms with Gasteiger partial charge in [0.1, 0.15) is 0 Å². The molecule has 0 fully saturated rings. The summed E-state index contributed by atoms with van der Waals surface area (Å²) in [5, 5.41) is 7.95. The lowest BCUT2D eigenvalue weighted by Crippen LogP contribution is -1.99. The molecule has 0 aliphatic heterocycles. The Morgan fingerprint density at radius 2 is 1.83 bits per heavy atom. The van der Waals surface area contributed by atoms with Crippen molar-refractivity contribution in [2.75, 3.05) is 11.1 Å². The number of hydrogen-bond donors (Lipinski definition) is 2. The van der Waals surface area contributed by atoms with Gasteiger partial charge in [-0.1, -0.05) is 30.3 Å². The third-order valence-electron chi connectivity index (χ3n) is 2.98. The van der Waals surface area contributed by atoms with Crippen LogP contribution in [0, 0.1) is 0 Å². The molecule has 0 saturated heterocycles. The summed E-state index contributed by atoms with van der Waals surface area (Å²) in [6.07, 6.45) is 0. The van der Waals surface area contributed by atoms with Crippen LogP contribution in [0.15, 0.2) is 53.9 Å². The third kappa shape index (κ3) is 2.17. The number of fused-ring (bicyclic) bond motifs is 1. The van der Waals surface area contributed by atoms with Crippen LogP contribution in [0.4, 0.5) is 11.4 Å². The number of anilines is 2. The number of thiophene rings is 1. The molecule has 0 atom stereocenters. The zero-order valence-corrected chi connectivity index (χ0v) is 10.7. The van der Waals surface area contributed by atoms with Crippen molar-refractivity contribution >= 4 is 33.5 Å². The van der Waals surface area contributed by atoms with E-state index in [-0.39, 0.29) is 0 Å². The molecule has 0 unspecified atom stereocenters. The molecule has 0 saturated carbocycles. The van der Waals surface area contributed by atoms with E-state index in [0.717, 1.165) is 17.9 Å². The number of hydrogen-bond acceptors (Lipinski definition) is 3. The molecule has 1 heterocycles. The average molecular weight is 254 g/mol. The van der Waals surface area contributed by atoms with E-state index in [9.17, 15) is 0 Å². The van der Waals surface area contributed by atoms with Crippen molar-refractivity contribution < 1.29 is 0 Å². The maximum atomic E-state index is 5.87. The predicted octanol–water partition coefficient (Wildman–Crippen LogP) is 4.10. The molecule has 3 rings (SSSR count). The van der Waals surface area contributed by atoms with Crippen molar-refractivity contribution in [3.05, 3.63) is 58.8 Å². The Bertz CT molecular complexity index is 673. The molecule has 0 aliphatic rings. The Labute approximate surface area is 110 Å². The standard InChI is InChI=1S/C15H14N2S/c16-14-7-8-18-15(14)10-17-13-6-5-11-3-1-2-4-12(11)9-13/h1-9,17H,10,16H2. The number of benzene rings is 2. The lowest BCUT2D eigenvalue weighted by molar-refractivity contribution is 1.20. The van der Waals surface area contributed by atoms with Crippen molar-refractivity contribution in [3.8, 4) is 0 Å². The molecule has 0 bridgehead atoms. The fraction of sp³-hybridized carbons (Fsp3) is 0.0667. The molecule has 90 valence electrons. The summed E-state index contributed by atoms with van der Waals surface area (Å²) >= 11 is 1.68. The molecule has 2 nitrogen and oxygen atoms in total. The molecule has 18 heavy (non-hydrogen) atoms. The average Bonchev–Trinajstić information content (AvgIpc) is 2.82. The molecule has 0 radical (unpaired) electrons. The Hall–Kier alpha value is -2.00. The molecule has 3 heteroatoms. The third-order valence-corrected chi connectivity index (χ3v) is 3.92. The number of nitrogen functional groups attached to an aromatic ring is 1. The van der Waals surface area contributed by atoms with Gasteiger partial charge in [0.2, 0.25) is 0 Å². The maximum Gasteiger partial charge on any atom is 0.0514 e. The summed E-state index contributed by atoms with van der Waals surface area (Å²) in [6, 6.07) is 16.7. The van der Waals surface area contributed by atoms with E-state index in [1.54, 1.807) is 11.3 Å². The molecule has 3 aromatic rings. The first-order valence-electron chi connectivity index (χ1n) is 5.87. The van der Waals surface area contributed by atoms with Gasteiger partial charge in [0, 0.05) is 16.3 Å². The number of nitrogens with one attached hydrogen (secondary N) is 1. The van der Waals surface area contributed by atoms with Crippen LogP contribution in [0.3, 0.4) is 0 Å². The summed E-state index contributed by atoms with van der Waals surface area (Å²) in [4.78, 5) is 1.18. The second kappa shape index (κ2) is 4.70. The monoisotopic (exact) mass is 254 g/mol. The van der Waals surface area contributed by atoms with Gasteiger partial charge in [0.25, 0.3) is 0 Å². The predicted molar refractivity (Wildman–Crippen MR) is 80.0 cm³/mol. The second-order valence-electron chi connectivity index (χ2n) is 4.21. The SMILES string of the molecule is Nc1ccsc1CNc1ccc2ccccc2c1. The minimum Gasteiger partial charge on any atom is -0.398 e. The van der Waals surface area contributed by atoms with Gasteiger partial charge >= 0.3 is 0 Å². The Balaban J connectivity index is 1.81. The van der Waals surface area contributed by atoms with Crippen LogP contribution >= 0.6 is 11.3 Å². The topological polar surface area (TPSA) is 38.0 Å². The van der Waals surface area contributed by atoms with Crippen molar-refractivity contribution in [1.82, 2.24) is 0 Å². The molecular weight excluding hydrogens is 240 g/mol. The van der Waals surface area contributed by atoms with E-state index in [1.807, 2.05) is 11.4 Å². The first kappa shape index (κ1) is 11.1. The van der Waals surface area contributed by atoms with E-state index >= 15 is 0 Å². The highest BCUT2D eigenvalue weighted by molar-refractivity contribution is 7.10. The summed E-state index contributed by atoms with van der Waals surface area (Å²) in [7, 11) is 0. The fourth-order valence-corrected chi connectivity index (χ4v) is 2.71. The van der Waals surface area contributed by atoms with E-state index < -0.39 is 0 Å². The van der Waals surface area contributed by atoms with Crippen LogP contribution in [0.1, 0.15) is 4.88 Å². The molecule has 0 amide bonds. The van der Waals surface area contributed by atoms with Crippen LogP contribution in [0.2, 0.25) is 0 Å². The lowest BCUT2D eigenvalue weighted by Gasteiger charge is -2.07. The molecule has 1 aromatic heterocycles. The van der Waals surface area contributed by atoms with Crippen LogP contribution in [-0.2, 0) is 6.54 Å². The summed E-state index contributed by atoms with van der Waals surface area (Å²) in [5.41, 5.74) is 7.86. The van der Waals surface area contributed by atoms with Crippen molar-refractivity contribution in [2.24, 2.45) is 0 Å². The highest BCUT2D eigenvalue weighted by atomic mass is 32.1. The zero-order chi connectivity index (χ0) is 12.4. The second-order valence-corrected chi connectivity index (χ2v) is 5.22. The maximum absolute atomic E-state index is 5.87. The molecule has 0 aliphatic carbocycles. The zero-order valence-electron chi connectivity index (χ0n) is 9.89. The van der Waals surface area contributed by atoms with Crippen LogP contribution in [0.5, 0.6) is 0 Å². The van der Waals surface area contributed by atoms with E-state index in [1.165, 1.54) is 15.6 Å². The minimum atomic E-state index is 0.780. The summed E-state index contributed by atoms with van der Waals surface area (Å²) in [5.74, 6) is 0. The lowest BCUT2D eigenvalue weighted by atomic mass is 10.1. The van der Waals surface area contributed by atoms with Gasteiger partial charge in [-0.05, 0) is 34.4 Å². The Morgan fingerprint density at radius 3 is 2.61 bits per heavy atom. The Morgan fingerprint density at radius 1 is 1.00 bits per heavy atom. The van der Waals surface area contributed by atoms with Gasteiger partial charge < -0.3 is 11.1 Å². The largest absolute Gasteiger partial charge is 0.398 e. The molecule has 3 N–H and O–H groups in total. The highest BCUT2D eigenvalue weighted by Crippen LogP contribution is 2.22. The van der Waals surface area contributed by atoms with E-state index in [0.29, 0.717) is 0 Å². The number of rotatable bonds is 3. The van der Waals surface area contributed by atoms with Gasteiger partial charge in [0.15, 0.2) is 0 Å². The van der Waals surface area contributed by atoms with Crippen LogP contribution in [-0.4, -0.2) is 0 Å². The summed E-state index contributed by atoms with van der Waals surface area (Å²) < 4.78 is 0. The van der Waals surface area contributed by atoms with Gasteiger partial charge in [-0.15, -0.1) is 11.3 Å². The minimum absolute atomic E-state index is 0.780. The normalized spacial score (nSPS) is 10.7. The van der Waals surface area contributed by atoms with Crippen LogP contribution in [0.25, 0.3) is 10.8 Å². The number of nitrogens with two attached hydrogens (primary N) is 1. The van der Waals surface area contributed by atoms with Crippen molar-refractivity contribution in [3.63, 3.8) is 0 Å². The smallest absolute Gasteiger partial charge is 0.0514 e. The molecule has 0 spiro atoms. The first-order chi connectivity index (χ1) is 8.83. The Kier molecular flexibility index (Phi) is 2.90. The first-order valence-corrected chi connectivity index (χ1v) is 6.75. The van der Waals surface area contributed by atoms with Gasteiger partial charge in [-0.2, -0.15) is 0 Å². The van der Waals surface area contributed by atoms with E-state index in [2.05, 4.69) is 47.8 Å².